The van der Waals surface area contributed by atoms with Gasteiger partial charge in [0.25, 0.3) is 0 Å². The molecule has 0 fully saturated rings. The summed E-state index contributed by atoms with van der Waals surface area (Å²) in [5.74, 6) is 2.40. The molecule has 21 heavy (non-hydrogen) atoms. The van der Waals surface area contributed by atoms with Crippen LogP contribution >= 0.6 is 0 Å². The van der Waals surface area contributed by atoms with Crippen molar-refractivity contribution in [3.05, 3.63) is 11.4 Å². The lowest BCUT2D eigenvalue weighted by molar-refractivity contribution is 0.0971. The highest BCUT2D eigenvalue weighted by molar-refractivity contribution is 5.49. The van der Waals surface area contributed by atoms with Crippen molar-refractivity contribution < 1.29 is 4.74 Å². The second kappa shape index (κ2) is 6.63. The van der Waals surface area contributed by atoms with Gasteiger partial charge < -0.3 is 10.1 Å². The minimum absolute atomic E-state index is 0.106. The summed E-state index contributed by atoms with van der Waals surface area (Å²) in [7, 11) is 0. The van der Waals surface area contributed by atoms with E-state index in [1.165, 1.54) is 0 Å². The first-order chi connectivity index (χ1) is 9.60. The Balaban J connectivity index is 3.27. The van der Waals surface area contributed by atoms with Crippen LogP contribution in [-0.2, 0) is 5.41 Å². The van der Waals surface area contributed by atoms with Gasteiger partial charge in [-0.25, -0.2) is 4.98 Å². The van der Waals surface area contributed by atoms with Gasteiger partial charge in [0, 0.05) is 12.0 Å². The number of aromatic nitrogens is 2. The van der Waals surface area contributed by atoms with E-state index in [0.29, 0.717) is 5.88 Å². The fourth-order valence-electron chi connectivity index (χ4n) is 1.68. The van der Waals surface area contributed by atoms with Gasteiger partial charge >= 0.3 is 0 Å². The number of rotatable bonds is 6. The van der Waals surface area contributed by atoms with E-state index in [2.05, 4.69) is 58.8 Å². The molecule has 0 aromatic carbocycles. The summed E-state index contributed by atoms with van der Waals surface area (Å²) in [6.45, 7) is 17.7. The molecule has 0 saturated heterocycles. The molecule has 4 heteroatoms. The van der Waals surface area contributed by atoms with Gasteiger partial charge in [-0.2, -0.15) is 4.98 Å². The third-order valence-electron chi connectivity index (χ3n) is 3.54. The maximum Gasteiger partial charge on any atom is 0.222 e. The molecule has 0 aliphatic rings. The van der Waals surface area contributed by atoms with Gasteiger partial charge in [0.2, 0.25) is 5.88 Å². The van der Waals surface area contributed by atoms with Crippen LogP contribution in [0, 0.1) is 6.92 Å². The van der Waals surface area contributed by atoms with Crippen LogP contribution in [0.1, 0.15) is 72.7 Å². The maximum atomic E-state index is 6.15. The number of nitrogens with one attached hydrogen (secondary N) is 1. The van der Waals surface area contributed by atoms with Gasteiger partial charge in [-0.3, -0.25) is 0 Å². The molecule has 4 nitrogen and oxygen atoms in total. The minimum atomic E-state index is -0.226. The standard InChI is InChI=1S/C17H31N3O/c1-9-11-18-13-12(3)14(21-17(7,8)10-2)20-15(19-13)16(4,5)6/h9-11H2,1-8H3,(H,18,19,20). The van der Waals surface area contributed by atoms with Crippen molar-refractivity contribution in [2.45, 2.75) is 79.2 Å². The minimum Gasteiger partial charge on any atom is -0.471 e. The summed E-state index contributed by atoms with van der Waals surface area (Å²) >= 11 is 0. The van der Waals surface area contributed by atoms with Gasteiger partial charge in [0.15, 0.2) is 0 Å². The van der Waals surface area contributed by atoms with Crippen molar-refractivity contribution >= 4 is 5.82 Å². The molecule has 0 radical (unpaired) electrons. The Hall–Kier alpha value is -1.32. The molecule has 1 rings (SSSR count). The number of ether oxygens (including phenoxy) is 1. The molecular formula is C17H31N3O. The number of hydrogen-bond acceptors (Lipinski definition) is 4. The van der Waals surface area contributed by atoms with E-state index < -0.39 is 0 Å². The van der Waals surface area contributed by atoms with E-state index in [1.807, 2.05) is 6.92 Å². The summed E-state index contributed by atoms with van der Waals surface area (Å²) in [4.78, 5) is 9.37. The van der Waals surface area contributed by atoms with Crippen molar-refractivity contribution in [3.63, 3.8) is 0 Å². The number of hydrogen-bond donors (Lipinski definition) is 1. The highest BCUT2D eigenvalue weighted by Crippen LogP contribution is 2.30. The molecule has 120 valence electrons. The molecule has 0 bridgehead atoms. The van der Waals surface area contributed by atoms with Gasteiger partial charge in [0.05, 0.1) is 5.56 Å². The molecular weight excluding hydrogens is 262 g/mol. The highest BCUT2D eigenvalue weighted by atomic mass is 16.5. The van der Waals surface area contributed by atoms with E-state index in [0.717, 1.165) is 36.6 Å². The van der Waals surface area contributed by atoms with Crippen LogP contribution in [0.4, 0.5) is 5.82 Å². The monoisotopic (exact) mass is 293 g/mol. The van der Waals surface area contributed by atoms with Crippen LogP contribution in [0.3, 0.4) is 0 Å². The molecule has 1 aromatic heterocycles. The molecule has 0 aliphatic carbocycles. The molecule has 0 saturated carbocycles. The molecule has 0 unspecified atom stereocenters. The highest BCUT2D eigenvalue weighted by Gasteiger charge is 2.25. The summed E-state index contributed by atoms with van der Waals surface area (Å²) in [6.07, 6.45) is 1.99. The van der Waals surface area contributed by atoms with Gasteiger partial charge in [0.1, 0.15) is 17.2 Å². The second-order valence-corrected chi connectivity index (χ2v) is 7.22. The van der Waals surface area contributed by atoms with Crippen LogP contribution < -0.4 is 10.1 Å². The van der Waals surface area contributed by atoms with Crippen LogP contribution in [0.25, 0.3) is 0 Å². The van der Waals surface area contributed by atoms with Crippen LogP contribution in [0.2, 0.25) is 0 Å². The van der Waals surface area contributed by atoms with Crippen molar-refractivity contribution in [2.75, 3.05) is 11.9 Å². The molecule has 1 heterocycles. The quantitative estimate of drug-likeness (QED) is 0.840. The molecule has 1 aromatic rings. The summed E-state index contributed by atoms with van der Waals surface area (Å²) in [5.41, 5.74) is 0.652. The smallest absolute Gasteiger partial charge is 0.222 e. The Morgan fingerprint density at radius 2 is 1.67 bits per heavy atom. The second-order valence-electron chi connectivity index (χ2n) is 7.22. The number of nitrogens with zero attached hydrogens (tertiary/aromatic N) is 2. The summed E-state index contributed by atoms with van der Waals surface area (Å²) < 4.78 is 6.15. The number of anilines is 1. The third kappa shape index (κ3) is 4.87. The van der Waals surface area contributed by atoms with Crippen LogP contribution in [0.15, 0.2) is 0 Å². The maximum absolute atomic E-state index is 6.15. The predicted octanol–water partition coefficient (Wildman–Crippen LogP) is 4.47. The predicted molar refractivity (Wildman–Crippen MR) is 89.2 cm³/mol. The lowest BCUT2D eigenvalue weighted by Gasteiger charge is -2.27. The first-order valence-corrected chi connectivity index (χ1v) is 7.92. The van der Waals surface area contributed by atoms with Crippen molar-refractivity contribution in [1.82, 2.24) is 9.97 Å². The summed E-state index contributed by atoms with van der Waals surface area (Å²) in [5, 5.41) is 3.39. The van der Waals surface area contributed by atoms with E-state index >= 15 is 0 Å². The average Bonchev–Trinajstić information content (AvgIpc) is 2.38. The van der Waals surface area contributed by atoms with Crippen LogP contribution in [-0.4, -0.2) is 22.1 Å². The Labute approximate surface area is 129 Å². The van der Waals surface area contributed by atoms with Crippen molar-refractivity contribution in [1.29, 1.82) is 0 Å². The average molecular weight is 293 g/mol. The fraction of sp³-hybridized carbons (Fsp3) is 0.765. The zero-order chi connectivity index (χ0) is 16.3. The van der Waals surface area contributed by atoms with E-state index in [9.17, 15) is 0 Å². The molecule has 0 atom stereocenters. The molecule has 0 spiro atoms. The van der Waals surface area contributed by atoms with E-state index in [4.69, 9.17) is 9.72 Å². The van der Waals surface area contributed by atoms with Crippen molar-refractivity contribution in [2.24, 2.45) is 0 Å². The van der Waals surface area contributed by atoms with E-state index in [1.54, 1.807) is 0 Å². The fourth-order valence-corrected chi connectivity index (χ4v) is 1.68. The Morgan fingerprint density at radius 3 is 2.14 bits per heavy atom. The Kier molecular flexibility index (Phi) is 5.60. The summed E-state index contributed by atoms with van der Waals surface area (Å²) in [6, 6.07) is 0. The van der Waals surface area contributed by atoms with Gasteiger partial charge in [-0.15, -0.1) is 0 Å². The Bertz CT molecular complexity index is 476. The molecule has 1 N–H and O–H groups in total. The first-order valence-electron chi connectivity index (χ1n) is 7.92. The van der Waals surface area contributed by atoms with Gasteiger partial charge in [-0.1, -0.05) is 34.6 Å². The molecule has 0 amide bonds. The lowest BCUT2D eigenvalue weighted by Crippen LogP contribution is -2.29. The largest absolute Gasteiger partial charge is 0.471 e. The lowest BCUT2D eigenvalue weighted by atomic mass is 9.95. The van der Waals surface area contributed by atoms with Gasteiger partial charge in [-0.05, 0) is 33.6 Å². The SMILES string of the molecule is CCCNc1nc(C(C)(C)C)nc(OC(C)(C)CC)c1C. The normalized spacial score (nSPS) is 12.4. The zero-order valence-corrected chi connectivity index (χ0v) is 14.9. The Morgan fingerprint density at radius 1 is 1.05 bits per heavy atom. The van der Waals surface area contributed by atoms with Crippen LogP contribution in [0.5, 0.6) is 5.88 Å². The van der Waals surface area contributed by atoms with Crippen molar-refractivity contribution in [3.8, 4) is 5.88 Å². The first kappa shape index (κ1) is 17.7. The third-order valence-corrected chi connectivity index (χ3v) is 3.54. The zero-order valence-electron chi connectivity index (χ0n) is 14.9. The van der Waals surface area contributed by atoms with E-state index in [-0.39, 0.29) is 11.0 Å². The molecule has 0 aliphatic heterocycles. The topological polar surface area (TPSA) is 47.0 Å².